The van der Waals surface area contributed by atoms with Gasteiger partial charge in [-0.2, -0.15) is 0 Å². The van der Waals surface area contributed by atoms with E-state index in [2.05, 4.69) is 31.0 Å². The second-order valence-corrected chi connectivity index (χ2v) is 5.04. The Kier molecular flexibility index (Phi) is 6.90. The monoisotopic (exact) mass is 290 g/mol. The van der Waals surface area contributed by atoms with Crippen LogP contribution in [0.2, 0.25) is 0 Å². The first-order valence-corrected chi connectivity index (χ1v) is 7.32. The molecule has 1 rings (SSSR count). The highest BCUT2D eigenvalue weighted by Gasteiger charge is 2.19. The Morgan fingerprint density at radius 2 is 2.05 bits per heavy atom. The molecule has 1 aromatic carbocycles. The van der Waals surface area contributed by atoms with Crippen LogP contribution in [0, 0.1) is 23.6 Å². The molecule has 0 saturated heterocycles. The van der Waals surface area contributed by atoms with Crippen LogP contribution >= 0.6 is 0 Å². The van der Waals surface area contributed by atoms with E-state index in [-0.39, 0.29) is 18.2 Å². The fraction of sp³-hybridized carbons (Fsp3) is 0.471. The van der Waals surface area contributed by atoms with Crippen LogP contribution in [0.1, 0.15) is 49.5 Å². The summed E-state index contributed by atoms with van der Waals surface area (Å²) in [5.74, 6) is 4.94. The molecule has 0 fully saturated rings. The fourth-order valence-corrected chi connectivity index (χ4v) is 2.33. The molecule has 1 amide bonds. The predicted molar refractivity (Wildman–Crippen MR) is 83.3 cm³/mol. The minimum absolute atomic E-state index is 0.00526. The van der Waals surface area contributed by atoms with Gasteiger partial charge in [-0.05, 0) is 31.0 Å². The van der Waals surface area contributed by atoms with E-state index in [1.165, 1.54) is 12.1 Å². The summed E-state index contributed by atoms with van der Waals surface area (Å²) in [5, 5.41) is 2.87. The molecule has 0 heterocycles. The lowest BCUT2D eigenvalue weighted by Gasteiger charge is -2.22. The highest BCUT2D eigenvalue weighted by Crippen LogP contribution is 2.15. The van der Waals surface area contributed by atoms with E-state index in [1.54, 1.807) is 6.07 Å². The average Bonchev–Trinajstić information content (AvgIpc) is 2.47. The second kappa shape index (κ2) is 8.43. The zero-order chi connectivity index (χ0) is 15.8. The van der Waals surface area contributed by atoms with Crippen molar-refractivity contribution in [1.29, 1.82) is 0 Å². The number of carbonyl (C=O) groups is 1. The summed E-state index contributed by atoms with van der Waals surface area (Å²) in [7, 11) is 0. The Labute approximate surface area is 126 Å². The topological polar surface area (TPSA) is 55.1 Å². The zero-order valence-corrected chi connectivity index (χ0v) is 12.9. The summed E-state index contributed by atoms with van der Waals surface area (Å²) in [5.41, 5.74) is 5.92. The highest BCUT2D eigenvalue weighted by atomic mass is 19.1. The molecule has 0 aliphatic heterocycles. The number of nitrogens with two attached hydrogens (primary N) is 1. The summed E-state index contributed by atoms with van der Waals surface area (Å²) in [6.07, 6.45) is 1.95. The van der Waals surface area contributed by atoms with Gasteiger partial charge in [0.2, 0.25) is 0 Å². The van der Waals surface area contributed by atoms with Crippen molar-refractivity contribution < 1.29 is 9.18 Å². The van der Waals surface area contributed by atoms with Crippen LogP contribution in [0.3, 0.4) is 0 Å². The van der Waals surface area contributed by atoms with Gasteiger partial charge in [0.25, 0.3) is 5.91 Å². The summed E-state index contributed by atoms with van der Waals surface area (Å²) >= 11 is 0. The van der Waals surface area contributed by atoms with Gasteiger partial charge in [0, 0.05) is 11.6 Å². The number of amides is 1. The van der Waals surface area contributed by atoms with E-state index < -0.39 is 11.7 Å². The minimum atomic E-state index is -0.539. The van der Waals surface area contributed by atoms with Crippen LogP contribution in [-0.4, -0.2) is 18.5 Å². The molecular weight excluding hydrogens is 267 g/mol. The molecule has 3 N–H and O–H groups in total. The maximum absolute atomic E-state index is 13.8. The SMILES string of the molecule is CCC(CC)C(C)NC(=O)c1cc(C#CCN)ccc1F. The van der Waals surface area contributed by atoms with Gasteiger partial charge in [0.05, 0.1) is 12.1 Å². The molecule has 1 aromatic rings. The van der Waals surface area contributed by atoms with Crippen LogP contribution in [0.5, 0.6) is 0 Å². The summed E-state index contributed by atoms with van der Waals surface area (Å²) in [6.45, 7) is 6.34. The molecule has 0 aromatic heterocycles. The molecule has 4 heteroatoms. The number of hydrogen-bond acceptors (Lipinski definition) is 2. The first-order valence-electron chi connectivity index (χ1n) is 7.32. The maximum atomic E-state index is 13.8. The lowest BCUT2D eigenvalue weighted by molar-refractivity contribution is 0.0921. The number of hydrogen-bond donors (Lipinski definition) is 2. The third-order valence-corrected chi connectivity index (χ3v) is 3.66. The van der Waals surface area contributed by atoms with Crippen molar-refractivity contribution in [2.45, 2.75) is 39.7 Å². The molecular formula is C17H23FN2O. The Balaban J connectivity index is 2.91. The van der Waals surface area contributed by atoms with Gasteiger partial charge in [-0.1, -0.05) is 38.5 Å². The van der Waals surface area contributed by atoms with Gasteiger partial charge < -0.3 is 11.1 Å². The lowest BCUT2D eigenvalue weighted by Crippen LogP contribution is -2.38. The van der Waals surface area contributed by atoms with E-state index in [4.69, 9.17) is 5.73 Å². The van der Waals surface area contributed by atoms with Crippen molar-refractivity contribution in [2.75, 3.05) is 6.54 Å². The average molecular weight is 290 g/mol. The largest absolute Gasteiger partial charge is 0.349 e. The molecule has 1 atom stereocenters. The third-order valence-electron chi connectivity index (χ3n) is 3.66. The molecule has 3 nitrogen and oxygen atoms in total. The number of carbonyl (C=O) groups excluding carboxylic acids is 1. The maximum Gasteiger partial charge on any atom is 0.254 e. The second-order valence-electron chi connectivity index (χ2n) is 5.04. The van der Waals surface area contributed by atoms with Crippen molar-refractivity contribution >= 4 is 5.91 Å². The zero-order valence-electron chi connectivity index (χ0n) is 12.9. The van der Waals surface area contributed by atoms with Crippen LogP contribution in [0.15, 0.2) is 18.2 Å². The third kappa shape index (κ3) is 4.87. The number of rotatable bonds is 5. The first-order chi connectivity index (χ1) is 10.0. The standard InChI is InChI=1S/C17H23FN2O/c1-4-14(5-2)12(3)20-17(21)15-11-13(7-6-10-19)8-9-16(15)18/h8-9,11-12,14H,4-5,10,19H2,1-3H3,(H,20,21). The summed E-state index contributed by atoms with van der Waals surface area (Å²) in [6, 6.07) is 4.27. The van der Waals surface area contributed by atoms with Gasteiger partial charge >= 0.3 is 0 Å². The first kappa shape index (κ1) is 17.2. The van der Waals surface area contributed by atoms with Crippen LogP contribution < -0.4 is 11.1 Å². The normalized spacial score (nSPS) is 11.7. The molecule has 0 aliphatic rings. The minimum Gasteiger partial charge on any atom is -0.349 e. The Morgan fingerprint density at radius 3 is 2.62 bits per heavy atom. The number of halogens is 1. The van der Waals surface area contributed by atoms with Crippen LogP contribution in [0.4, 0.5) is 4.39 Å². The molecule has 0 spiro atoms. The Hall–Kier alpha value is -1.86. The van der Waals surface area contributed by atoms with Gasteiger partial charge in [-0.25, -0.2) is 4.39 Å². The number of benzene rings is 1. The highest BCUT2D eigenvalue weighted by molar-refractivity contribution is 5.95. The van der Waals surface area contributed by atoms with Gasteiger partial charge in [0.15, 0.2) is 0 Å². The number of nitrogens with one attached hydrogen (secondary N) is 1. The van der Waals surface area contributed by atoms with E-state index in [0.717, 1.165) is 12.8 Å². The molecule has 0 radical (unpaired) electrons. The Bertz CT molecular complexity index is 541. The molecule has 114 valence electrons. The lowest BCUT2D eigenvalue weighted by atomic mass is 9.95. The summed E-state index contributed by atoms with van der Waals surface area (Å²) in [4.78, 5) is 12.2. The van der Waals surface area contributed by atoms with Crippen LogP contribution in [-0.2, 0) is 0 Å². The van der Waals surface area contributed by atoms with E-state index in [0.29, 0.717) is 11.5 Å². The van der Waals surface area contributed by atoms with Crippen LogP contribution in [0.25, 0.3) is 0 Å². The van der Waals surface area contributed by atoms with Gasteiger partial charge in [-0.15, -0.1) is 0 Å². The quantitative estimate of drug-likeness (QED) is 0.819. The Morgan fingerprint density at radius 1 is 1.38 bits per heavy atom. The van der Waals surface area contributed by atoms with Crippen molar-refractivity contribution in [2.24, 2.45) is 11.7 Å². The summed E-state index contributed by atoms with van der Waals surface area (Å²) < 4.78 is 13.8. The fourth-order valence-electron chi connectivity index (χ4n) is 2.33. The van der Waals surface area contributed by atoms with E-state index in [9.17, 15) is 9.18 Å². The van der Waals surface area contributed by atoms with E-state index >= 15 is 0 Å². The molecule has 1 unspecified atom stereocenters. The van der Waals surface area contributed by atoms with Gasteiger partial charge in [0.1, 0.15) is 5.82 Å². The molecule has 0 saturated carbocycles. The van der Waals surface area contributed by atoms with Gasteiger partial charge in [-0.3, -0.25) is 4.79 Å². The van der Waals surface area contributed by atoms with Crippen molar-refractivity contribution in [1.82, 2.24) is 5.32 Å². The van der Waals surface area contributed by atoms with E-state index in [1.807, 2.05) is 6.92 Å². The van der Waals surface area contributed by atoms with Crippen molar-refractivity contribution in [3.05, 3.63) is 35.1 Å². The predicted octanol–water partition coefficient (Wildman–Crippen LogP) is 2.69. The van der Waals surface area contributed by atoms with Crippen molar-refractivity contribution in [3.8, 4) is 11.8 Å². The van der Waals surface area contributed by atoms with Crippen molar-refractivity contribution in [3.63, 3.8) is 0 Å². The molecule has 21 heavy (non-hydrogen) atoms. The smallest absolute Gasteiger partial charge is 0.254 e. The molecule has 0 aliphatic carbocycles. The molecule has 0 bridgehead atoms.